The van der Waals surface area contributed by atoms with Gasteiger partial charge in [0.25, 0.3) is 0 Å². The fourth-order valence-corrected chi connectivity index (χ4v) is 2.63. The molecule has 1 saturated carbocycles. The zero-order valence-electron chi connectivity index (χ0n) is 22.9. The summed E-state index contributed by atoms with van der Waals surface area (Å²) in [6.45, 7) is 27.3. The minimum Gasteiger partial charge on any atom is -0.493 e. The van der Waals surface area contributed by atoms with Gasteiger partial charge in [-0.3, -0.25) is 0 Å². The first-order chi connectivity index (χ1) is 14.8. The lowest BCUT2D eigenvalue weighted by Crippen LogP contribution is -2.07. The van der Waals surface area contributed by atoms with Crippen molar-refractivity contribution >= 4 is 6.79 Å². The zero-order chi connectivity index (χ0) is 24.8. The van der Waals surface area contributed by atoms with Gasteiger partial charge < -0.3 is 9.53 Å². The molecule has 1 aliphatic carbocycles. The van der Waals surface area contributed by atoms with Crippen molar-refractivity contribution in [3.8, 4) is 5.75 Å². The molecule has 0 aliphatic heterocycles. The summed E-state index contributed by atoms with van der Waals surface area (Å²) in [5.41, 5.74) is 1.51. The van der Waals surface area contributed by atoms with Crippen molar-refractivity contribution in [3.05, 3.63) is 29.8 Å². The fourth-order valence-electron chi connectivity index (χ4n) is 2.63. The quantitative estimate of drug-likeness (QED) is 0.468. The van der Waals surface area contributed by atoms with E-state index in [0.717, 1.165) is 18.3 Å². The minimum absolute atomic E-state index is 0.642. The van der Waals surface area contributed by atoms with Gasteiger partial charge in [-0.25, -0.2) is 0 Å². The Bertz CT molecular complexity index is 353. The van der Waals surface area contributed by atoms with Crippen molar-refractivity contribution in [2.75, 3.05) is 6.61 Å². The molecule has 1 aliphatic rings. The van der Waals surface area contributed by atoms with Crippen LogP contribution in [0.5, 0.6) is 5.75 Å². The van der Waals surface area contributed by atoms with Crippen molar-refractivity contribution in [1.29, 1.82) is 0 Å². The third kappa shape index (κ3) is 23.0. The highest BCUT2D eigenvalue weighted by atomic mass is 16.5. The van der Waals surface area contributed by atoms with Gasteiger partial charge in [-0.1, -0.05) is 121 Å². The maximum Gasteiger partial charge on any atom is 0.119 e. The molecule has 0 N–H and O–H groups in total. The van der Waals surface area contributed by atoms with E-state index in [-0.39, 0.29) is 0 Å². The van der Waals surface area contributed by atoms with Crippen LogP contribution in [-0.2, 0) is 4.79 Å². The standard InChI is InChI=1S/C17H26O.5C2H6.CH2O/c1-3-14(2)13-18-17-11-9-16(10-12-17)15-7-5-4-6-8-15;6*1-2/h9-12,14-15H,3-8,13H2,1-2H3;5*1-2H3;1H2. The molecule has 0 saturated heterocycles. The Morgan fingerprint density at radius 3 is 1.57 bits per heavy atom. The zero-order valence-corrected chi connectivity index (χ0v) is 22.9. The molecule has 2 heteroatoms. The fraction of sp³-hybridized carbons (Fsp3) is 0.750. The van der Waals surface area contributed by atoms with Gasteiger partial charge in [0, 0.05) is 0 Å². The van der Waals surface area contributed by atoms with Crippen LogP contribution in [0.25, 0.3) is 0 Å². The summed E-state index contributed by atoms with van der Waals surface area (Å²) >= 11 is 0. The van der Waals surface area contributed by atoms with Crippen LogP contribution in [0.3, 0.4) is 0 Å². The molecule has 0 radical (unpaired) electrons. The first-order valence-corrected chi connectivity index (χ1v) is 12.8. The maximum absolute atomic E-state index is 8.00. The van der Waals surface area contributed by atoms with Crippen molar-refractivity contribution < 1.29 is 9.53 Å². The van der Waals surface area contributed by atoms with E-state index in [0.29, 0.717) is 5.92 Å². The number of hydrogen-bond donors (Lipinski definition) is 0. The molecule has 0 amide bonds. The van der Waals surface area contributed by atoms with Gasteiger partial charge in [-0.2, -0.15) is 0 Å². The van der Waals surface area contributed by atoms with Gasteiger partial charge >= 0.3 is 0 Å². The van der Waals surface area contributed by atoms with Crippen LogP contribution in [0.1, 0.15) is 133 Å². The molecular weight excluding hydrogens is 368 g/mol. The molecule has 182 valence electrons. The largest absolute Gasteiger partial charge is 0.493 e. The van der Waals surface area contributed by atoms with Crippen LogP contribution in [0.15, 0.2) is 24.3 Å². The third-order valence-corrected chi connectivity index (χ3v) is 4.19. The smallest absolute Gasteiger partial charge is 0.119 e. The molecule has 1 fully saturated rings. The normalized spacial score (nSPS) is 12.3. The topological polar surface area (TPSA) is 26.3 Å². The monoisotopic (exact) mass is 426 g/mol. The maximum atomic E-state index is 8.00. The Morgan fingerprint density at radius 1 is 0.800 bits per heavy atom. The highest BCUT2D eigenvalue weighted by Crippen LogP contribution is 2.33. The van der Waals surface area contributed by atoms with E-state index < -0.39 is 0 Å². The number of carbonyl (C=O) groups is 1. The Morgan fingerprint density at radius 2 is 1.20 bits per heavy atom. The van der Waals surface area contributed by atoms with E-state index in [2.05, 4.69) is 38.1 Å². The molecule has 1 aromatic rings. The summed E-state index contributed by atoms with van der Waals surface area (Å²) in [6.07, 6.45) is 8.14. The van der Waals surface area contributed by atoms with E-state index in [1.54, 1.807) is 0 Å². The van der Waals surface area contributed by atoms with Crippen LogP contribution in [0.2, 0.25) is 0 Å². The van der Waals surface area contributed by atoms with Crippen LogP contribution in [0.4, 0.5) is 0 Å². The summed E-state index contributed by atoms with van der Waals surface area (Å²) in [5, 5.41) is 0. The molecule has 1 unspecified atom stereocenters. The summed E-state index contributed by atoms with van der Waals surface area (Å²) in [7, 11) is 0. The molecule has 0 aromatic heterocycles. The number of rotatable bonds is 5. The SMILES string of the molecule is C=O.CC.CC.CC.CC.CC.CCC(C)COc1ccc(C2CCCCC2)cc1. The van der Waals surface area contributed by atoms with E-state index >= 15 is 0 Å². The second kappa shape index (κ2) is 38.3. The van der Waals surface area contributed by atoms with Crippen molar-refractivity contribution in [1.82, 2.24) is 0 Å². The highest BCUT2D eigenvalue weighted by Gasteiger charge is 2.15. The van der Waals surface area contributed by atoms with Crippen LogP contribution in [0, 0.1) is 5.92 Å². The van der Waals surface area contributed by atoms with E-state index in [4.69, 9.17) is 9.53 Å². The predicted molar refractivity (Wildman–Crippen MR) is 141 cm³/mol. The molecule has 2 nitrogen and oxygen atoms in total. The van der Waals surface area contributed by atoms with Crippen LogP contribution in [-0.4, -0.2) is 13.4 Å². The van der Waals surface area contributed by atoms with E-state index in [9.17, 15) is 0 Å². The summed E-state index contributed by atoms with van der Waals surface area (Å²) in [5.74, 6) is 2.46. The van der Waals surface area contributed by atoms with Crippen molar-refractivity contribution in [2.24, 2.45) is 5.92 Å². The highest BCUT2D eigenvalue weighted by molar-refractivity contribution is 5.29. The van der Waals surface area contributed by atoms with E-state index in [1.807, 2.05) is 76.0 Å². The molecule has 0 spiro atoms. The molecule has 1 aromatic carbocycles. The van der Waals surface area contributed by atoms with Crippen molar-refractivity contribution in [3.63, 3.8) is 0 Å². The molecule has 0 heterocycles. The summed E-state index contributed by atoms with van der Waals surface area (Å²) < 4.78 is 5.80. The second-order valence-electron chi connectivity index (χ2n) is 5.73. The second-order valence-corrected chi connectivity index (χ2v) is 5.73. The first kappa shape index (κ1) is 39.2. The number of hydrogen-bond acceptors (Lipinski definition) is 2. The molecular formula is C28H58O2. The predicted octanol–water partition coefficient (Wildman–Crippen LogP) is 10.1. The lowest BCUT2D eigenvalue weighted by molar-refractivity contribution is -0.0979. The molecule has 1 atom stereocenters. The van der Waals surface area contributed by atoms with Gasteiger partial charge in [0.15, 0.2) is 0 Å². The lowest BCUT2D eigenvalue weighted by atomic mass is 9.84. The van der Waals surface area contributed by atoms with Gasteiger partial charge in [-0.15, -0.1) is 0 Å². The Hall–Kier alpha value is -1.31. The first-order valence-electron chi connectivity index (χ1n) is 12.8. The van der Waals surface area contributed by atoms with Gasteiger partial charge in [-0.05, 0) is 42.4 Å². The Kier molecular flexibility index (Phi) is 50.1. The van der Waals surface area contributed by atoms with Gasteiger partial charge in [0.05, 0.1) is 6.61 Å². The average molecular weight is 427 g/mol. The molecule has 0 bridgehead atoms. The van der Waals surface area contributed by atoms with Crippen LogP contribution >= 0.6 is 0 Å². The van der Waals surface area contributed by atoms with E-state index in [1.165, 1.54) is 44.1 Å². The number of ether oxygens (including phenoxy) is 1. The third-order valence-electron chi connectivity index (χ3n) is 4.19. The van der Waals surface area contributed by atoms with Gasteiger partial charge in [0.1, 0.15) is 12.5 Å². The Balaban J connectivity index is -0.000000150. The summed E-state index contributed by atoms with van der Waals surface area (Å²) in [4.78, 5) is 8.00. The van der Waals surface area contributed by atoms with Crippen LogP contribution < -0.4 is 4.74 Å². The number of carbonyl (C=O) groups excluding carboxylic acids is 1. The van der Waals surface area contributed by atoms with Gasteiger partial charge in [0.2, 0.25) is 0 Å². The minimum atomic E-state index is 0.642. The summed E-state index contributed by atoms with van der Waals surface area (Å²) in [6, 6.07) is 8.82. The molecule has 2 rings (SSSR count). The Labute approximate surface area is 192 Å². The molecule has 30 heavy (non-hydrogen) atoms. The van der Waals surface area contributed by atoms with Crippen molar-refractivity contribution in [2.45, 2.75) is 128 Å². The average Bonchev–Trinajstić information content (AvgIpc) is 2.90. The lowest BCUT2D eigenvalue weighted by Gasteiger charge is -2.22. The number of benzene rings is 1.